The van der Waals surface area contributed by atoms with Crippen molar-refractivity contribution < 1.29 is 68.3 Å². The molecule has 14 nitrogen and oxygen atoms in total. The van der Waals surface area contributed by atoms with E-state index in [4.69, 9.17) is 40.0 Å². The van der Waals surface area contributed by atoms with Gasteiger partial charge >= 0.3 is 11.9 Å². The Morgan fingerprint density at radius 1 is 1.07 bits per heavy atom. The van der Waals surface area contributed by atoms with Crippen molar-refractivity contribution in [3.05, 3.63) is 39.9 Å². The van der Waals surface area contributed by atoms with Crippen molar-refractivity contribution in [2.24, 2.45) is 35.5 Å². The smallest absolute Gasteiger partial charge is 0.339 e. The molecule has 58 heavy (non-hydrogen) atoms. The zero-order valence-corrected chi connectivity index (χ0v) is 36.2. The van der Waals surface area contributed by atoms with Crippen LogP contribution < -0.4 is 0 Å². The van der Waals surface area contributed by atoms with E-state index in [1.807, 2.05) is 20.8 Å². The molecule has 326 valence electrons. The van der Waals surface area contributed by atoms with Gasteiger partial charge in [0.25, 0.3) is 0 Å². The quantitative estimate of drug-likeness (QED) is 0.126. The zero-order chi connectivity index (χ0) is 43.4. The molecule has 3 saturated heterocycles. The molecule has 5 N–H and O–H groups in total. The number of phenols is 1. The largest absolute Gasteiger partial charge is 0.507 e. The molecule has 0 bridgehead atoms. The number of carbonyl (C=O) groups excluding carboxylic acids is 2. The number of Topliss-reactive ketones (excluding diaryl/α,β-unsaturated/α-hetero) is 1. The van der Waals surface area contributed by atoms with Crippen LogP contribution in [-0.2, 0) is 38.0 Å². The highest BCUT2D eigenvalue weighted by Gasteiger charge is 2.70. The normalized spacial score (nSPS) is 38.7. The van der Waals surface area contributed by atoms with Crippen molar-refractivity contribution in [3.8, 4) is 5.75 Å². The van der Waals surface area contributed by atoms with Gasteiger partial charge in [-0.25, -0.2) is 9.59 Å². The van der Waals surface area contributed by atoms with Gasteiger partial charge in [0.05, 0.1) is 37.1 Å². The predicted molar refractivity (Wildman–Crippen MR) is 211 cm³/mol. The van der Waals surface area contributed by atoms with Crippen molar-refractivity contribution in [3.63, 3.8) is 0 Å². The number of carboxylic acids is 1. The van der Waals surface area contributed by atoms with Crippen LogP contribution in [0.1, 0.15) is 109 Å². The highest BCUT2D eigenvalue weighted by Crippen LogP contribution is 2.56. The molecule has 2 unspecified atom stereocenters. The molecular formula is C43H63ClO14. The lowest BCUT2D eigenvalue weighted by Gasteiger charge is -2.54. The third-order valence-corrected chi connectivity index (χ3v) is 13.8. The van der Waals surface area contributed by atoms with Gasteiger partial charge in [0, 0.05) is 42.2 Å². The highest BCUT2D eigenvalue weighted by atomic mass is 35.5. The van der Waals surface area contributed by atoms with Gasteiger partial charge in [-0.15, -0.1) is 0 Å². The Hall–Kier alpha value is -2.66. The molecular weight excluding hydrogens is 776 g/mol. The van der Waals surface area contributed by atoms with E-state index in [0.29, 0.717) is 12.0 Å². The molecule has 3 fully saturated rings. The van der Waals surface area contributed by atoms with E-state index in [9.17, 15) is 39.9 Å². The zero-order valence-electron chi connectivity index (χ0n) is 35.4. The second kappa shape index (κ2) is 17.4. The lowest BCUT2D eigenvalue weighted by Crippen LogP contribution is -2.64. The SMILES string of the molecule is CCOC(=O)[C@H]1O[C@@H]([C@@]2(C)OC3(OC4(C=C[C@H]3O)O[C@H]([C@H](C)C(=O)[C@@H](C)[C@@H](O)[C@H](C)C[C@H](C)c3c(Cl)cc(C)c(O)c3C(=O)O)[C@@H](C)C[C@H]4C)[C@H](C)[C@H]2OC)C[C@H]1O. The summed E-state index contributed by atoms with van der Waals surface area (Å²) in [6.07, 6.45) is -2.84. The van der Waals surface area contributed by atoms with Crippen molar-refractivity contribution in [1.82, 2.24) is 0 Å². The number of hydrogen-bond donors (Lipinski definition) is 5. The fourth-order valence-electron chi connectivity index (χ4n) is 10.3. The monoisotopic (exact) mass is 838 g/mol. The lowest BCUT2D eigenvalue weighted by atomic mass is 9.74. The maximum atomic E-state index is 14.3. The van der Waals surface area contributed by atoms with Crippen molar-refractivity contribution >= 4 is 29.3 Å². The number of aromatic carboxylic acids is 1. The maximum absolute atomic E-state index is 14.3. The minimum absolute atomic E-state index is 0.0417. The summed E-state index contributed by atoms with van der Waals surface area (Å²) in [5, 5.41) is 54.7. The Morgan fingerprint density at radius 2 is 1.72 bits per heavy atom. The summed E-state index contributed by atoms with van der Waals surface area (Å²) in [5.74, 6) is -9.24. The van der Waals surface area contributed by atoms with E-state index < -0.39 is 101 Å². The van der Waals surface area contributed by atoms with Crippen LogP contribution in [0.5, 0.6) is 5.75 Å². The Bertz CT molecular complexity index is 1740. The summed E-state index contributed by atoms with van der Waals surface area (Å²) in [6, 6.07) is 1.52. The van der Waals surface area contributed by atoms with Gasteiger partial charge < -0.3 is 54.0 Å². The summed E-state index contributed by atoms with van der Waals surface area (Å²) >= 11 is 6.50. The Morgan fingerprint density at radius 3 is 2.33 bits per heavy atom. The third-order valence-electron chi connectivity index (χ3n) is 13.5. The van der Waals surface area contributed by atoms with Gasteiger partial charge in [0.15, 0.2) is 11.9 Å². The minimum Gasteiger partial charge on any atom is -0.507 e. The number of carboxylic acid groups (broad SMARTS) is 1. The second-order valence-corrected chi connectivity index (χ2v) is 18.0. The first-order valence-corrected chi connectivity index (χ1v) is 20.8. The number of benzene rings is 1. The van der Waals surface area contributed by atoms with Gasteiger partial charge in [-0.05, 0) is 80.7 Å². The van der Waals surface area contributed by atoms with E-state index >= 15 is 0 Å². The van der Waals surface area contributed by atoms with Crippen molar-refractivity contribution in [1.29, 1.82) is 0 Å². The summed E-state index contributed by atoms with van der Waals surface area (Å²) in [5.41, 5.74) is -0.978. The number of rotatable bonds is 13. The number of ketones is 1. The number of methoxy groups -OCH3 is 1. The molecule has 17 atom stereocenters. The standard InChI is InChI=1S/C43H63ClO14/c1-12-54-40(52)37-28(45)18-30(55-37)41(10)38(53-11)26(9)43(57-41)29(46)13-14-42(58-43)23(6)16-22(5)36(56-42)25(8)35(49)24(7)33(47)20(3)15-19(2)31-27(44)17-21(4)34(48)32(31)39(50)51/h13-14,17,19-20,22-26,28-30,33,36-38,45-48H,12,15-16,18H2,1-11H3,(H,50,51)/t19-,20+,22-,23+,24-,25+,26+,28+,29+,30+,33-,36-,37-,38+,41+,42?,43?/m0/s1. The van der Waals surface area contributed by atoms with Crippen LogP contribution >= 0.6 is 11.6 Å². The molecule has 0 amide bonds. The fourth-order valence-corrected chi connectivity index (χ4v) is 10.7. The first-order chi connectivity index (χ1) is 27.0. The van der Waals surface area contributed by atoms with Crippen LogP contribution in [0.2, 0.25) is 5.02 Å². The summed E-state index contributed by atoms with van der Waals surface area (Å²) in [4.78, 5) is 39.0. The Labute approximate surface area is 346 Å². The van der Waals surface area contributed by atoms with Crippen LogP contribution in [-0.4, -0.2) is 117 Å². The molecule has 2 spiro atoms. The summed E-state index contributed by atoms with van der Waals surface area (Å²) in [7, 11) is 1.51. The topological polar surface area (TPSA) is 208 Å². The molecule has 0 aliphatic carbocycles. The average Bonchev–Trinajstić information content (AvgIpc) is 3.66. The molecule has 5 rings (SSSR count). The van der Waals surface area contributed by atoms with Crippen LogP contribution in [0, 0.1) is 42.4 Å². The van der Waals surface area contributed by atoms with E-state index in [1.54, 1.807) is 60.6 Å². The molecule has 1 aromatic carbocycles. The molecule has 0 aromatic heterocycles. The van der Waals surface area contributed by atoms with E-state index in [-0.39, 0.29) is 59.0 Å². The molecule has 4 aliphatic heterocycles. The number of halogens is 1. The van der Waals surface area contributed by atoms with Crippen molar-refractivity contribution in [2.75, 3.05) is 13.7 Å². The van der Waals surface area contributed by atoms with Crippen LogP contribution in [0.4, 0.5) is 0 Å². The molecule has 4 heterocycles. The van der Waals surface area contributed by atoms with Crippen molar-refractivity contribution in [2.45, 2.75) is 154 Å². The van der Waals surface area contributed by atoms with Gasteiger partial charge in [-0.1, -0.05) is 60.1 Å². The summed E-state index contributed by atoms with van der Waals surface area (Å²) in [6.45, 7) is 17.9. The first kappa shape index (κ1) is 46.4. The summed E-state index contributed by atoms with van der Waals surface area (Å²) < 4.78 is 37.8. The number of aromatic hydroxyl groups is 1. The van der Waals surface area contributed by atoms with Gasteiger partial charge in [0.2, 0.25) is 5.79 Å². The maximum Gasteiger partial charge on any atom is 0.339 e. The number of aliphatic hydroxyl groups is 3. The fraction of sp³-hybridized carbons (Fsp3) is 0.744. The van der Waals surface area contributed by atoms with Crippen LogP contribution in [0.15, 0.2) is 18.2 Å². The predicted octanol–water partition coefficient (Wildman–Crippen LogP) is 5.31. The molecule has 15 heteroatoms. The Kier molecular flexibility index (Phi) is 13.9. The van der Waals surface area contributed by atoms with Crippen LogP contribution in [0.3, 0.4) is 0 Å². The van der Waals surface area contributed by atoms with Gasteiger partial charge in [0.1, 0.15) is 28.8 Å². The molecule has 4 aliphatic rings. The number of aryl methyl sites for hydroxylation is 1. The van der Waals surface area contributed by atoms with E-state index in [2.05, 4.69) is 0 Å². The van der Waals surface area contributed by atoms with Gasteiger partial charge in [-0.3, -0.25) is 4.79 Å². The number of aliphatic hydroxyl groups excluding tert-OH is 3. The van der Waals surface area contributed by atoms with Crippen LogP contribution in [0.25, 0.3) is 0 Å². The van der Waals surface area contributed by atoms with Gasteiger partial charge in [-0.2, -0.15) is 0 Å². The number of ether oxygens (including phenoxy) is 6. The minimum atomic E-state index is -1.72. The molecule has 0 radical (unpaired) electrons. The Balaban J connectivity index is 1.35. The van der Waals surface area contributed by atoms with E-state index in [1.165, 1.54) is 13.2 Å². The highest BCUT2D eigenvalue weighted by molar-refractivity contribution is 6.32. The molecule has 0 saturated carbocycles. The second-order valence-electron chi connectivity index (χ2n) is 17.6. The number of esters is 1. The van der Waals surface area contributed by atoms with E-state index in [0.717, 1.165) is 0 Å². The lowest BCUT2D eigenvalue weighted by molar-refractivity contribution is -0.414. The molecule has 1 aromatic rings. The first-order valence-electron chi connectivity index (χ1n) is 20.5. The number of hydrogen-bond acceptors (Lipinski definition) is 13. The number of carbonyl (C=O) groups is 3. The third kappa shape index (κ3) is 7.98. The average molecular weight is 839 g/mol.